The Balaban J connectivity index is 4.09. The number of ether oxygens (including phenoxy) is 2. The number of esters is 2. The lowest BCUT2D eigenvalue weighted by atomic mass is 10.0. The Labute approximate surface area is 445 Å². The molecule has 0 N–H and O–H groups in total. The molecular weight excluding hydrogens is 918 g/mol. The maximum atomic E-state index is 12.8. The van der Waals surface area contributed by atoms with Crippen LogP contribution in [0.2, 0.25) is 0 Å². The van der Waals surface area contributed by atoms with Crippen molar-refractivity contribution >= 4 is 19.8 Å². The van der Waals surface area contributed by atoms with Gasteiger partial charge in [0.05, 0.1) is 27.7 Å². The van der Waals surface area contributed by atoms with E-state index in [9.17, 15) is 19.0 Å². The lowest BCUT2D eigenvalue weighted by Gasteiger charge is -2.28. The average Bonchev–Trinajstić information content (AvgIpc) is 3.34. The molecule has 0 aliphatic carbocycles. The summed E-state index contributed by atoms with van der Waals surface area (Å²) in [6, 6.07) is 0. The van der Waals surface area contributed by atoms with Crippen LogP contribution in [0.25, 0.3) is 0 Å². The Hall–Kier alpha value is -2.03. The minimum Gasteiger partial charge on any atom is -0.756 e. The van der Waals surface area contributed by atoms with Crippen LogP contribution < -0.4 is 4.89 Å². The fraction of sp³-hybridized carbons (Fsp3) is 0.839. The summed E-state index contributed by atoms with van der Waals surface area (Å²) in [5, 5.41) is 0. The molecule has 0 rings (SSSR count). The van der Waals surface area contributed by atoms with Crippen LogP contribution in [0.3, 0.4) is 0 Å². The van der Waals surface area contributed by atoms with Gasteiger partial charge in [-0.25, -0.2) is 0 Å². The maximum absolute atomic E-state index is 12.8. The summed E-state index contributed by atoms with van der Waals surface area (Å²) in [7, 11) is 1.17. The zero-order valence-electron chi connectivity index (χ0n) is 47.9. The average molecular weight is 1030 g/mol. The first-order valence-corrected chi connectivity index (χ1v) is 31.8. The molecule has 0 amide bonds. The second kappa shape index (κ2) is 53.8. The number of likely N-dealkylation sites (N-methyl/N-ethyl adjacent to an activating group) is 1. The molecule has 2 atom stereocenters. The summed E-state index contributed by atoms with van der Waals surface area (Å²) in [5.41, 5.74) is 0. The van der Waals surface area contributed by atoms with Gasteiger partial charge in [-0.1, -0.05) is 242 Å². The molecule has 0 spiro atoms. The predicted octanol–water partition coefficient (Wildman–Crippen LogP) is 18.3. The van der Waals surface area contributed by atoms with Gasteiger partial charge >= 0.3 is 11.9 Å². The lowest BCUT2D eigenvalue weighted by molar-refractivity contribution is -0.870. The second-order valence-corrected chi connectivity index (χ2v) is 23.1. The minimum atomic E-state index is -4.64. The summed E-state index contributed by atoms with van der Waals surface area (Å²) >= 11 is 0. The van der Waals surface area contributed by atoms with Gasteiger partial charge in [0, 0.05) is 12.8 Å². The number of carbonyl (C=O) groups is 2. The maximum Gasteiger partial charge on any atom is 0.306 e. The van der Waals surface area contributed by atoms with Crippen molar-refractivity contribution in [1.82, 2.24) is 0 Å². The van der Waals surface area contributed by atoms with E-state index in [0.717, 1.165) is 51.4 Å². The zero-order chi connectivity index (χ0) is 52.7. The Bertz CT molecular complexity index is 1360. The normalized spacial score (nSPS) is 13.6. The number of hydrogen-bond donors (Lipinski definition) is 0. The first-order valence-electron chi connectivity index (χ1n) is 30.3. The number of unbranched alkanes of at least 4 members (excludes halogenated alkanes) is 34. The van der Waals surface area contributed by atoms with Gasteiger partial charge in [0.25, 0.3) is 7.82 Å². The van der Waals surface area contributed by atoms with Crippen LogP contribution in [-0.4, -0.2) is 70.0 Å². The van der Waals surface area contributed by atoms with Crippen molar-refractivity contribution in [3.05, 3.63) is 48.6 Å². The SMILES string of the molecule is CCCCC/C=C\C/C=C\CCCCCCCCCCCC(=O)OCC(COP(=O)([O-])OCC[N+](C)(C)C)OC(=O)CCCCCCCCCCCCCCCCCCC/C=C\C/C=C\CCCCCCC. The number of allylic oxidation sites excluding steroid dienone is 8. The second-order valence-electron chi connectivity index (χ2n) is 21.7. The van der Waals surface area contributed by atoms with Crippen molar-refractivity contribution in [2.45, 2.75) is 290 Å². The highest BCUT2D eigenvalue weighted by atomic mass is 31.2. The molecule has 0 aromatic heterocycles. The van der Waals surface area contributed by atoms with Crippen molar-refractivity contribution in [2.24, 2.45) is 0 Å². The molecule has 0 aliphatic heterocycles. The Morgan fingerprint density at radius 2 is 0.750 bits per heavy atom. The highest BCUT2D eigenvalue weighted by Crippen LogP contribution is 2.38. The van der Waals surface area contributed by atoms with Crippen molar-refractivity contribution < 1.29 is 42.1 Å². The van der Waals surface area contributed by atoms with Gasteiger partial charge in [-0.05, 0) is 77.0 Å². The fourth-order valence-electron chi connectivity index (χ4n) is 8.60. The van der Waals surface area contributed by atoms with Gasteiger partial charge in [-0.2, -0.15) is 0 Å². The minimum absolute atomic E-state index is 0.0310. The van der Waals surface area contributed by atoms with E-state index in [1.54, 1.807) is 0 Å². The van der Waals surface area contributed by atoms with E-state index in [4.69, 9.17) is 18.5 Å². The standard InChI is InChI=1S/C62H116NO8P/c1-6-8-10-12-14-16-18-20-22-24-26-27-28-29-30-31-32-33-34-35-37-39-41-43-45-47-49-51-53-55-62(65)71-60(59-70-72(66,67)69-57-56-63(3,4)5)58-68-61(64)54-52-50-48-46-44-42-40-38-36-25-23-21-19-17-15-13-11-9-7-2/h15,17-18,20-21,23-24,26,60H,6-14,16,19,22,25,27-59H2,1-5H3/b17-15-,20-18-,23-21-,26-24-. The number of phosphoric ester groups is 1. The van der Waals surface area contributed by atoms with Crippen LogP contribution in [0.15, 0.2) is 48.6 Å². The van der Waals surface area contributed by atoms with E-state index in [1.807, 2.05) is 21.1 Å². The van der Waals surface area contributed by atoms with E-state index in [-0.39, 0.29) is 32.0 Å². The molecule has 0 saturated heterocycles. The zero-order valence-corrected chi connectivity index (χ0v) is 48.8. The van der Waals surface area contributed by atoms with Gasteiger partial charge in [0.2, 0.25) is 0 Å². The van der Waals surface area contributed by atoms with Crippen LogP contribution in [0.4, 0.5) is 0 Å². The molecule has 0 bridgehead atoms. The molecule has 0 radical (unpaired) electrons. The molecule has 0 heterocycles. The molecule has 2 unspecified atom stereocenters. The van der Waals surface area contributed by atoms with E-state index >= 15 is 0 Å². The highest BCUT2D eigenvalue weighted by Gasteiger charge is 2.22. The summed E-state index contributed by atoms with van der Waals surface area (Å²) < 4.78 is 34.2. The van der Waals surface area contributed by atoms with Gasteiger partial charge < -0.3 is 27.9 Å². The lowest BCUT2D eigenvalue weighted by Crippen LogP contribution is -2.37. The molecule has 10 heteroatoms. The van der Waals surface area contributed by atoms with Crippen LogP contribution in [0.5, 0.6) is 0 Å². The van der Waals surface area contributed by atoms with Crippen molar-refractivity contribution in [3.8, 4) is 0 Å². The third-order valence-electron chi connectivity index (χ3n) is 13.3. The van der Waals surface area contributed by atoms with E-state index in [1.165, 1.54) is 199 Å². The molecule has 0 saturated carbocycles. The number of quaternary nitrogens is 1. The van der Waals surface area contributed by atoms with Crippen molar-refractivity contribution in [2.75, 3.05) is 47.5 Å². The van der Waals surface area contributed by atoms with Crippen molar-refractivity contribution in [1.29, 1.82) is 0 Å². The van der Waals surface area contributed by atoms with Crippen LogP contribution in [0.1, 0.15) is 284 Å². The number of hydrogen-bond acceptors (Lipinski definition) is 8. The van der Waals surface area contributed by atoms with Gasteiger partial charge in [-0.3, -0.25) is 14.2 Å². The summed E-state index contributed by atoms with van der Waals surface area (Å²) in [6.07, 6.45) is 67.3. The molecule has 72 heavy (non-hydrogen) atoms. The van der Waals surface area contributed by atoms with E-state index in [2.05, 4.69) is 62.5 Å². The van der Waals surface area contributed by atoms with Crippen LogP contribution in [0, 0.1) is 0 Å². The first-order chi connectivity index (χ1) is 35.0. The topological polar surface area (TPSA) is 111 Å². The van der Waals surface area contributed by atoms with Crippen LogP contribution >= 0.6 is 7.82 Å². The third-order valence-corrected chi connectivity index (χ3v) is 14.3. The molecule has 9 nitrogen and oxygen atoms in total. The van der Waals surface area contributed by atoms with Gasteiger partial charge in [0.15, 0.2) is 6.10 Å². The van der Waals surface area contributed by atoms with E-state index in [0.29, 0.717) is 17.4 Å². The van der Waals surface area contributed by atoms with Gasteiger partial charge in [-0.15, -0.1) is 0 Å². The Morgan fingerprint density at radius 3 is 1.12 bits per heavy atom. The Kier molecular flexibility index (Phi) is 52.3. The summed E-state index contributed by atoms with van der Waals surface area (Å²) in [5.74, 6) is -0.828. The molecule has 0 fully saturated rings. The third kappa shape index (κ3) is 57.3. The molecule has 0 aliphatic rings. The largest absolute Gasteiger partial charge is 0.756 e. The summed E-state index contributed by atoms with van der Waals surface area (Å²) in [6.45, 7) is 4.23. The highest BCUT2D eigenvalue weighted by molar-refractivity contribution is 7.45. The Morgan fingerprint density at radius 1 is 0.431 bits per heavy atom. The van der Waals surface area contributed by atoms with Crippen LogP contribution in [-0.2, 0) is 32.7 Å². The number of phosphoric acid groups is 1. The fourth-order valence-corrected chi connectivity index (χ4v) is 9.33. The van der Waals surface area contributed by atoms with Gasteiger partial charge in [0.1, 0.15) is 19.8 Å². The smallest absolute Gasteiger partial charge is 0.306 e. The number of carbonyl (C=O) groups excluding carboxylic acids is 2. The molecular formula is C62H116NO8P. The summed E-state index contributed by atoms with van der Waals surface area (Å²) in [4.78, 5) is 37.9. The van der Waals surface area contributed by atoms with E-state index < -0.39 is 26.5 Å². The molecule has 0 aromatic carbocycles. The van der Waals surface area contributed by atoms with Crippen molar-refractivity contribution in [3.63, 3.8) is 0 Å². The first kappa shape index (κ1) is 70.0. The predicted molar refractivity (Wildman–Crippen MR) is 305 cm³/mol. The quantitative estimate of drug-likeness (QED) is 0.0195. The number of rotatable bonds is 56. The number of nitrogens with zero attached hydrogens (tertiary/aromatic N) is 1. The molecule has 0 aromatic rings. The molecule has 422 valence electrons. The monoisotopic (exact) mass is 1030 g/mol.